The molecule has 2 N–H and O–H groups in total. The topological polar surface area (TPSA) is 42.9 Å². The van der Waals surface area contributed by atoms with Crippen molar-refractivity contribution in [3.05, 3.63) is 0 Å². The van der Waals surface area contributed by atoms with Crippen molar-refractivity contribution in [3.63, 3.8) is 0 Å². The van der Waals surface area contributed by atoms with Gasteiger partial charge >= 0.3 is 6.18 Å². The second-order valence-electron chi connectivity index (χ2n) is 6.65. The van der Waals surface area contributed by atoms with Gasteiger partial charge in [-0.1, -0.05) is 12.8 Å². The first-order valence-corrected chi connectivity index (χ1v) is 9.40. The van der Waals surface area contributed by atoms with Gasteiger partial charge in [-0.15, -0.1) is 0 Å². The largest absolute Gasteiger partial charge is 0.401 e. The van der Waals surface area contributed by atoms with E-state index in [1.807, 2.05) is 6.92 Å². The standard InChI is InChI=1S/C17H34F3N5/c1-3-21-16(23-10-14-24(2)15-17(18,19)20)22-9-8-13-25-11-6-4-5-7-12-25/h3-15H2,1-2H3,(H2,21,22,23). The van der Waals surface area contributed by atoms with Crippen molar-refractivity contribution in [2.24, 2.45) is 4.99 Å². The number of alkyl halides is 3. The van der Waals surface area contributed by atoms with Crippen LogP contribution < -0.4 is 10.6 Å². The van der Waals surface area contributed by atoms with Gasteiger partial charge in [-0.2, -0.15) is 13.2 Å². The van der Waals surface area contributed by atoms with E-state index in [-0.39, 0.29) is 0 Å². The van der Waals surface area contributed by atoms with Gasteiger partial charge in [0.25, 0.3) is 0 Å². The van der Waals surface area contributed by atoms with E-state index in [1.54, 1.807) is 0 Å². The third-order valence-electron chi connectivity index (χ3n) is 4.18. The first-order valence-electron chi connectivity index (χ1n) is 9.40. The highest BCUT2D eigenvalue weighted by atomic mass is 19.4. The quantitative estimate of drug-likeness (QED) is 0.374. The first-order chi connectivity index (χ1) is 11.9. The Morgan fingerprint density at radius 1 is 1.12 bits per heavy atom. The average molecular weight is 365 g/mol. The van der Waals surface area contributed by atoms with Gasteiger partial charge in [-0.25, -0.2) is 0 Å². The molecule has 1 saturated heterocycles. The number of aliphatic imine (C=N–C) groups is 1. The van der Waals surface area contributed by atoms with E-state index in [1.165, 1.54) is 50.7 Å². The number of halogens is 3. The summed E-state index contributed by atoms with van der Waals surface area (Å²) in [5.41, 5.74) is 0. The molecule has 25 heavy (non-hydrogen) atoms. The number of hydrogen-bond acceptors (Lipinski definition) is 3. The summed E-state index contributed by atoms with van der Waals surface area (Å²) in [7, 11) is 1.47. The highest BCUT2D eigenvalue weighted by Crippen LogP contribution is 2.15. The lowest BCUT2D eigenvalue weighted by Crippen LogP contribution is -2.42. The van der Waals surface area contributed by atoms with Crippen molar-refractivity contribution in [1.82, 2.24) is 20.4 Å². The molecule has 0 saturated carbocycles. The van der Waals surface area contributed by atoms with Crippen LogP contribution in [-0.2, 0) is 0 Å². The fraction of sp³-hybridized carbons (Fsp3) is 0.941. The Morgan fingerprint density at radius 2 is 1.80 bits per heavy atom. The van der Waals surface area contributed by atoms with E-state index in [4.69, 9.17) is 0 Å². The molecule has 5 nitrogen and oxygen atoms in total. The Hall–Kier alpha value is -1.02. The molecular weight excluding hydrogens is 331 g/mol. The van der Waals surface area contributed by atoms with Gasteiger partial charge in [0, 0.05) is 26.2 Å². The molecule has 0 aromatic heterocycles. The van der Waals surface area contributed by atoms with E-state index < -0.39 is 12.7 Å². The normalized spacial score (nSPS) is 17.6. The lowest BCUT2D eigenvalue weighted by atomic mass is 10.2. The minimum Gasteiger partial charge on any atom is -0.357 e. The van der Waals surface area contributed by atoms with Crippen LogP contribution in [0.3, 0.4) is 0 Å². The molecule has 1 aliphatic heterocycles. The molecule has 1 heterocycles. The summed E-state index contributed by atoms with van der Waals surface area (Å²) in [5, 5.41) is 6.24. The molecule has 0 spiro atoms. The zero-order valence-corrected chi connectivity index (χ0v) is 15.7. The number of nitrogens with one attached hydrogen (secondary N) is 2. The summed E-state index contributed by atoms with van der Waals surface area (Å²) in [6.07, 6.45) is 2.11. The molecule has 1 fully saturated rings. The van der Waals surface area contributed by atoms with Crippen molar-refractivity contribution >= 4 is 5.96 Å². The molecule has 8 heteroatoms. The number of rotatable bonds is 9. The summed E-state index contributed by atoms with van der Waals surface area (Å²) < 4.78 is 36.9. The predicted molar refractivity (Wildman–Crippen MR) is 97.1 cm³/mol. The minimum absolute atomic E-state index is 0.317. The summed E-state index contributed by atoms with van der Waals surface area (Å²) in [6.45, 7) is 6.74. The molecule has 148 valence electrons. The monoisotopic (exact) mass is 365 g/mol. The van der Waals surface area contributed by atoms with Crippen molar-refractivity contribution in [2.75, 3.05) is 59.4 Å². The van der Waals surface area contributed by atoms with Gasteiger partial charge in [0.15, 0.2) is 5.96 Å². The van der Waals surface area contributed by atoms with Crippen molar-refractivity contribution in [3.8, 4) is 0 Å². The predicted octanol–water partition coefficient (Wildman–Crippen LogP) is 2.30. The Labute approximate surface area is 150 Å². The number of likely N-dealkylation sites (tertiary alicyclic amines) is 1. The van der Waals surface area contributed by atoms with Gasteiger partial charge in [0.05, 0.1) is 6.54 Å². The Morgan fingerprint density at radius 3 is 2.40 bits per heavy atom. The van der Waals surface area contributed by atoms with Gasteiger partial charge in [0.1, 0.15) is 0 Å². The van der Waals surface area contributed by atoms with Crippen LogP contribution in [0.5, 0.6) is 0 Å². The van der Waals surface area contributed by atoms with Crippen LogP contribution in [0.1, 0.15) is 39.0 Å². The average Bonchev–Trinajstić information content (AvgIpc) is 2.78. The number of likely N-dealkylation sites (N-methyl/N-ethyl adjacent to an activating group) is 1. The Bertz CT molecular complexity index is 366. The van der Waals surface area contributed by atoms with E-state index in [9.17, 15) is 13.2 Å². The first kappa shape index (κ1) is 22.0. The van der Waals surface area contributed by atoms with E-state index in [0.717, 1.165) is 26.1 Å². The third kappa shape index (κ3) is 12.0. The van der Waals surface area contributed by atoms with Crippen molar-refractivity contribution in [2.45, 2.75) is 45.2 Å². The maximum absolute atomic E-state index is 12.3. The highest BCUT2D eigenvalue weighted by molar-refractivity contribution is 5.79. The summed E-state index contributed by atoms with van der Waals surface area (Å²) in [6, 6.07) is 0. The number of nitrogens with zero attached hydrogens (tertiary/aromatic N) is 3. The highest BCUT2D eigenvalue weighted by Gasteiger charge is 2.28. The van der Waals surface area contributed by atoms with Gasteiger partial charge in [0.2, 0.25) is 0 Å². The van der Waals surface area contributed by atoms with E-state index >= 15 is 0 Å². The van der Waals surface area contributed by atoms with Crippen LogP contribution in [0.25, 0.3) is 0 Å². The van der Waals surface area contributed by atoms with Crippen LogP contribution in [-0.4, -0.2) is 81.3 Å². The summed E-state index contributed by atoms with van der Waals surface area (Å²) in [5.74, 6) is 0.679. The fourth-order valence-corrected chi connectivity index (χ4v) is 2.94. The van der Waals surface area contributed by atoms with Gasteiger partial charge in [-0.3, -0.25) is 9.89 Å². The van der Waals surface area contributed by atoms with Crippen LogP contribution in [0.4, 0.5) is 13.2 Å². The summed E-state index contributed by atoms with van der Waals surface area (Å²) >= 11 is 0. The Balaban J connectivity index is 2.23. The van der Waals surface area contributed by atoms with Crippen LogP contribution in [0, 0.1) is 0 Å². The molecule has 0 aliphatic carbocycles. The van der Waals surface area contributed by atoms with Crippen molar-refractivity contribution in [1.29, 1.82) is 0 Å². The molecule has 0 radical (unpaired) electrons. The molecular formula is C17H34F3N5. The molecule has 0 bridgehead atoms. The number of hydrogen-bond donors (Lipinski definition) is 2. The van der Waals surface area contributed by atoms with Crippen molar-refractivity contribution < 1.29 is 13.2 Å². The van der Waals surface area contributed by atoms with Gasteiger partial charge < -0.3 is 15.5 Å². The maximum atomic E-state index is 12.3. The molecule has 0 amide bonds. The molecule has 0 aromatic rings. The molecule has 0 unspecified atom stereocenters. The van der Waals surface area contributed by atoms with E-state index in [0.29, 0.717) is 19.0 Å². The number of guanidine groups is 1. The smallest absolute Gasteiger partial charge is 0.357 e. The maximum Gasteiger partial charge on any atom is 0.401 e. The molecule has 0 atom stereocenters. The molecule has 0 aromatic carbocycles. The molecule has 1 rings (SSSR count). The van der Waals surface area contributed by atoms with Crippen LogP contribution >= 0.6 is 0 Å². The molecule has 1 aliphatic rings. The zero-order chi connectivity index (χ0) is 18.5. The Kier molecular flexibility index (Phi) is 10.9. The van der Waals surface area contributed by atoms with E-state index in [2.05, 4.69) is 20.5 Å². The minimum atomic E-state index is -4.15. The van der Waals surface area contributed by atoms with Crippen LogP contribution in [0.15, 0.2) is 4.99 Å². The summed E-state index contributed by atoms with van der Waals surface area (Å²) in [4.78, 5) is 8.29. The lowest BCUT2D eigenvalue weighted by molar-refractivity contribution is -0.142. The van der Waals surface area contributed by atoms with Crippen LogP contribution in [0.2, 0.25) is 0 Å². The second kappa shape index (κ2) is 12.4. The lowest BCUT2D eigenvalue weighted by Gasteiger charge is -2.20. The third-order valence-corrected chi connectivity index (χ3v) is 4.18. The second-order valence-corrected chi connectivity index (χ2v) is 6.65. The van der Waals surface area contributed by atoms with Gasteiger partial charge in [-0.05, 0) is 52.9 Å². The SMILES string of the molecule is CCNC(=NCCCN1CCCCCC1)NCCN(C)CC(F)(F)F. The fourth-order valence-electron chi connectivity index (χ4n) is 2.94. The zero-order valence-electron chi connectivity index (χ0n) is 15.7.